The number of anilines is 1. The SMILES string of the molecule is CN(C)C(CNC(=O)c1cc(S(=O)(=O)N(C)C)ccc1N1CCCC1)c1ccccc1Cl. The van der Waals surface area contributed by atoms with Crippen LogP contribution in [-0.2, 0) is 10.0 Å². The number of likely N-dealkylation sites (N-methyl/N-ethyl adjacent to an activating group) is 1. The van der Waals surface area contributed by atoms with Gasteiger partial charge in [-0.05, 0) is 56.8 Å². The van der Waals surface area contributed by atoms with Crippen molar-refractivity contribution in [2.24, 2.45) is 0 Å². The maximum atomic E-state index is 13.3. The van der Waals surface area contributed by atoms with Crippen molar-refractivity contribution in [2.45, 2.75) is 23.8 Å². The molecule has 1 aliphatic rings. The first-order valence-electron chi connectivity index (χ1n) is 10.6. The first-order valence-corrected chi connectivity index (χ1v) is 12.5. The molecule has 32 heavy (non-hydrogen) atoms. The molecule has 1 aliphatic heterocycles. The lowest BCUT2D eigenvalue weighted by Gasteiger charge is -2.27. The van der Waals surface area contributed by atoms with Crippen molar-refractivity contribution in [3.8, 4) is 0 Å². The molecule has 1 saturated heterocycles. The Hall–Kier alpha value is -2.13. The van der Waals surface area contributed by atoms with Crippen LogP contribution < -0.4 is 10.2 Å². The van der Waals surface area contributed by atoms with E-state index in [2.05, 4.69) is 10.2 Å². The van der Waals surface area contributed by atoms with E-state index in [0.29, 0.717) is 17.1 Å². The predicted octanol–water partition coefficient (Wildman–Crippen LogP) is 3.22. The summed E-state index contributed by atoms with van der Waals surface area (Å²) in [6, 6.07) is 12.2. The molecule has 0 saturated carbocycles. The zero-order valence-corrected chi connectivity index (χ0v) is 20.6. The summed E-state index contributed by atoms with van der Waals surface area (Å²) in [7, 11) is 3.17. The minimum Gasteiger partial charge on any atom is -0.371 e. The van der Waals surface area contributed by atoms with Gasteiger partial charge in [-0.2, -0.15) is 0 Å². The lowest BCUT2D eigenvalue weighted by Crippen LogP contribution is -2.35. The molecule has 2 aromatic rings. The summed E-state index contributed by atoms with van der Waals surface area (Å²) in [5.41, 5.74) is 2.05. The van der Waals surface area contributed by atoms with Gasteiger partial charge in [0.25, 0.3) is 5.91 Å². The zero-order chi connectivity index (χ0) is 23.5. The molecule has 3 rings (SSSR count). The van der Waals surface area contributed by atoms with Gasteiger partial charge in [0.2, 0.25) is 10.0 Å². The van der Waals surface area contributed by atoms with Crippen LogP contribution in [-0.4, -0.2) is 71.4 Å². The fraction of sp³-hybridized carbons (Fsp3) is 0.435. The van der Waals surface area contributed by atoms with E-state index < -0.39 is 10.0 Å². The molecule has 1 fully saturated rings. The van der Waals surface area contributed by atoms with Crippen LogP contribution in [0.3, 0.4) is 0 Å². The second-order valence-electron chi connectivity index (χ2n) is 8.37. The van der Waals surface area contributed by atoms with E-state index in [4.69, 9.17) is 11.6 Å². The fourth-order valence-electron chi connectivity index (χ4n) is 3.90. The highest BCUT2D eigenvalue weighted by atomic mass is 35.5. The van der Waals surface area contributed by atoms with Gasteiger partial charge in [0.05, 0.1) is 16.5 Å². The van der Waals surface area contributed by atoms with Gasteiger partial charge < -0.3 is 15.1 Å². The Bertz CT molecular complexity index is 1070. The number of sulfonamides is 1. The number of hydrogen-bond acceptors (Lipinski definition) is 5. The Balaban J connectivity index is 1.92. The third kappa shape index (κ3) is 5.26. The van der Waals surface area contributed by atoms with Gasteiger partial charge in [-0.25, -0.2) is 12.7 Å². The lowest BCUT2D eigenvalue weighted by atomic mass is 10.1. The molecule has 0 bridgehead atoms. The number of hydrogen-bond donors (Lipinski definition) is 1. The molecule has 0 aliphatic carbocycles. The van der Waals surface area contributed by atoms with Gasteiger partial charge >= 0.3 is 0 Å². The van der Waals surface area contributed by atoms with Gasteiger partial charge in [0.15, 0.2) is 0 Å². The molecule has 174 valence electrons. The monoisotopic (exact) mass is 478 g/mol. The highest BCUT2D eigenvalue weighted by Crippen LogP contribution is 2.29. The molecule has 2 aromatic carbocycles. The first kappa shape index (κ1) is 24.5. The highest BCUT2D eigenvalue weighted by Gasteiger charge is 2.25. The normalized spacial score (nSPS) is 15.4. The molecule has 1 N–H and O–H groups in total. The summed E-state index contributed by atoms with van der Waals surface area (Å²) in [5.74, 6) is -0.304. The molecule has 0 spiro atoms. The number of carbonyl (C=O) groups excluding carboxylic acids is 1. The summed E-state index contributed by atoms with van der Waals surface area (Å²) in [6.45, 7) is 2.03. The maximum Gasteiger partial charge on any atom is 0.253 e. The molecule has 0 aromatic heterocycles. The standard InChI is InChI=1S/C23H31ClN4O3S/c1-26(2)22(18-9-5-6-10-20(18)24)16-25-23(29)19-15-17(32(30,31)27(3)4)11-12-21(19)28-13-7-8-14-28/h5-6,9-12,15,22H,7-8,13-14,16H2,1-4H3,(H,25,29). The lowest BCUT2D eigenvalue weighted by molar-refractivity contribution is 0.0942. The molecular formula is C23H31ClN4O3S. The average Bonchev–Trinajstić information content (AvgIpc) is 3.29. The highest BCUT2D eigenvalue weighted by molar-refractivity contribution is 7.89. The van der Waals surface area contributed by atoms with Crippen LogP contribution in [0.5, 0.6) is 0 Å². The first-order chi connectivity index (χ1) is 15.1. The van der Waals surface area contributed by atoms with E-state index in [-0.39, 0.29) is 16.8 Å². The Morgan fingerprint density at radius 1 is 1.09 bits per heavy atom. The number of benzene rings is 2. The van der Waals surface area contributed by atoms with Crippen LogP contribution in [0.2, 0.25) is 5.02 Å². The van der Waals surface area contributed by atoms with E-state index in [9.17, 15) is 13.2 Å². The molecule has 1 heterocycles. The van der Waals surface area contributed by atoms with Gasteiger partial charge in [0.1, 0.15) is 0 Å². The van der Waals surface area contributed by atoms with Gasteiger partial charge in [0, 0.05) is 44.4 Å². The van der Waals surface area contributed by atoms with Crippen molar-refractivity contribution in [1.82, 2.24) is 14.5 Å². The predicted molar refractivity (Wildman–Crippen MR) is 129 cm³/mol. The molecule has 1 unspecified atom stereocenters. The minimum atomic E-state index is -3.66. The van der Waals surface area contributed by atoms with Crippen LogP contribution in [0.4, 0.5) is 5.69 Å². The van der Waals surface area contributed by atoms with Gasteiger partial charge in [-0.1, -0.05) is 29.8 Å². The Kier molecular flexibility index (Phi) is 7.82. The van der Waals surface area contributed by atoms with E-state index in [1.165, 1.54) is 20.2 Å². The van der Waals surface area contributed by atoms with Crippen LogP contribution in [0, 0.1) is 0 Å². The number of carbonyl (C=O) groups is 1. The number of rotatable bonds is 8. The summed E-state index contributed by atoms with van der Waals surface area (Å²) in [5, 5.41) is 3.64. The van der Waals surface area contributed by atoms with Crippen LogP contribution >= 0.6 is 11.6 Å². The fourth-order valence-corrected chi connectivity index (χ4v) is 5.09. The smallest absolute Gasteiger partial charge is 0.253 e. The molecule has 1 amide bonds. The molecule has 0 radical (unpaired) electrons. The van der Waals surface area contributed by atoms with Crippen molar-refractivity contribution >= 4 is 33.2 Å². The minimum absolute atomic E-state index is 0.103. The molecule has 9 heteroatoms. The topological polar surface area (TPSA) is 73.0 Å². The number of nitrogens with zero attached hydrogens (tertiary/aromatic N) is 3. The second kappa shape index (κ2) is 10.2. The number of nitrogens with one attached hydrogen (secondary N) is 1. The van der Waals surface area contributed by atoms with Gasteiger partial charge in [-0.15, -0.1) is 0 Å². The van der Waals surface area contributed by atoms with Crippen molar-refractivity contribution < 1.29 is 13.2 Å². The number of halogens is 1. The maximum absolute atomic E-state index is 13.3. The largest absolute Gasteiger partial charge is 0.371 e. The third-order valence-electron chi connectivity index (χ3n) is 5.78. The summed E-state index contributed by atoms with van der Waals surface area (Å²) < 4.78 is 26.5. The molecular weight excluding hydrogens is 448 g/mol. The van der Waals surface area contributed by atoms with Crippen LogP contribution in [0.1, 0.15) is 34.8 Å². The molecule has 7 nitrogen and oxygen atoms in total. The summed E-state index contributed by atoms with van der Waals surface area (Å²) in [4.78, 5) is 17.6. The van der Waals surface area contributed by atoms with Crippen molar-refractivity contribution in [1.29, 1.82) is 0 Å². The molecule has 1 atom stereocenters. The number of amides is 1. The Morgan fingerprint density at radius 3 is 2.34 bits per heavy atom. The van der Waals surface area contributed by atoms with Crippen LogP contribution in [0.25, 0.3) is 0 Å². The summed E-state index contributed by atoms with van der Waals surface area (Å²) in [6.07, 6.45) is 2.10. The third-order valence-corrected chi connectivity index (χ3v) is 7.94. The summed E-state index contributed by atoms with van der Waals surface area (Å²) >= 11 is 6.39. The second-order valence-corrected chi connectivity index (χ2v) is 10.9. The van der Waals surface area contributed by atoms with Gasteiger partial charge in [-0.3, -0.25) is 4.79 Å². The van der Waals surface area contributed by atoms with E-state index in [1.54, 1.807) is 12.1 Å². The average molecular weight is 479 g/mol. The van der Waals surface area contributed by atoms with Crippen molar-refractivity contribution in [3.63, 3.8) is 0 Å². The quantitative estimate of drug-likeness (QED) is 0.630. The Labute approximate surface area is 196 Å². The van der Waals surface area contributed by atoms with Crippen molar-refractivity contribution in [2.75, 3.05) is 52.7 Å². The van der Waals surface area contributed by atoms with Crippen LogP contribution in [0.15, 0.2) is 47.4 Å². The zero-order valence-electron chi connectivity index (χ0n) is 19.0. The Morgan fingerprint density at radius 2 is 1.75 bits per heavy atom. The van der Waals surface area contributed by atoms with E-state index in [1.807, 2.05) is 43.3 Å². The van der Waals surface area contributed by atoms with Crippen molar-refractivity contribution in [3.05, 3.63) is 58.6 Å². The van der Waals surface area contributed by atoms with E-state index in [0.717, 1.165) is 41.5 Å². The van der Waals surface area contributed by atoms with E-state index >= 15 is 0 Å².